The lowest BCUT2D eigenvalue weighted by molar-refractivity contribution is -0.144. The fourth-order valence-electron chi connectivity index (χ4n) is 8.13. The van der Waals surface area contributed by atoms with Crippen LogP contribution in [0.4, 0.5) is 4.79 Å². The summed E-state index contributed by atoms with van der Waals surface area (Å²) in [7, 11) is -3.42. The van der Waals surface area contributed by atoms with Crippen LogP contribution in [0.15, 0.2) is 24.3 Å². The number of carbonyl (C=O) groups is 5. The van der Waals surface area contributed by atoms with E-state index in [2.05, 4.69) is 33.9 Å². The van der Waals surface area contributed by atoms with Crippen LogP contribution in [0.25, 0.3) is 0 Å². The van der Waals surface area contributed by atoms with Gasteiger partial charge in [-0.15, -0.1) is 6.58 Å². The molecule has 286 valence electrons. The zero-order chi connectivity index (χ0) is 37.5. The zero-order valence-corrected chi connectivity index (χ0v) is 32.0. The highest BCUT2D eigenvalue weighted by Crippen LogP contribution is 2.42. The normalized spacial score (nSPS) is 25.5. The summed E-state index contributed by atoms with van der Waals surface area (Å²) in [5.74, 6) is -2.68. The van der Waals surface area contributed by atoms with E-state index in [4.69, 9.17) is 0 Å². The number of sulfonamides is 1. The van der Waals surface area contributed by atoms with Gasteiger partial charge >= 0.3 is 6.03 Å². The SMILES string of the molecule is C=CCNC(=O)C(=O)C(CCC)NC(=O)[C@@H]1[C@H]2CC(C)=CC2CN1C(=O)[C@@H](NC(=O)N[C@H](CN1CCCCS1(=O)=O)C(C)(C)C)C1CCCCC1. The second-order valence-electron chi connectivity index (χ2n) is 16.0. The van der Waals surface area contributed by atoms with Crippen molar-refractivity contribution < 1.29 is 32.4 Å². The molecule has 5 amide bonds. The van der Waals surface area contributed by atoms with E-state index in [0.29, 0.717) is 32.4 Å². The van der Waals surface area contributed by atoms with Crippen LogP contribution in [0.3, 0.4) is 0 Å². The van der Waals surface area contributed by atoms with Gasteiger partial charge < -0.3 is 26.2 Å². The van der Waals surface area contributed by atoms with E-state index in [0.717, 1.165) is 44.1 Å². The molecule has 3 fully saturated rings. The first-order valence-electron chi connectivity index (χ1n) is 18.8. The van der Waals surface area contributed by atoms with Gasteiger partial charge in [-0.1, -0.05) is 71.1 Å². The lowest BCUT2D eigenvalue weighted by Gasteiger charge is -2.38. The van der Waals surface area contributed by atoms with Crippen molar-refractivity contribution in [3.63, 3.8) is 0 Å². The third-order valence-corrected chi connectivity index (χ3v) is 12.9. The summed E-state index contributed by atoms with van der Waals surface area (Å²) < 4.78 is 27.1. The van der Waals surface area contributed by atoms with Crippen LogP contribution in [0, 0.1) is 23.2 Å². The van der Waals surface area contributed by atoms with E-state index in [1.54, 1.807) is 4.90 Å². The number of Topliss-reactive ketones (excluding diaryl/α,β-unsaturated/α-hetero) is 1. The Kier molecular flexibility index (Phi) is 13.9. The van der Waals surface area contributed by atoms with Gasteiger partial charge in [0.15, 0.2) is 0 Å². The number of hydrogen-bond donors (Lipinski definition) is 4. The lowest BCUT2D eigenvalue weighted by atomic mass is 9.83. The van der Waals surface area contributed by atoms with E-state index in [-0.39, 0.29) is 48.9 Å². The van der Waals surface area contributed by atoms with Gasteiger partial charge in [0, 0.05) is 44.1 Å². The number of likely N-dealkylation sites (tertiary alicyclic amines) is 1. The first-order chi connectivity index (χ1) is 24.1. The molecule has 1 saturated carbocycles. The average molecular weight is 733 g/mol. The van der Waals surface area contributed by atoms with Gasteiger partial charge in [-0.3, -0.25) is 19.2 Å². The summed E-state index contributed by atoms with van der Waals surface area (Å²) in [5.41, 5.74) is 0.647. The lowest BCUT2D eigenvalue weighted by Crippen LogP contribution is -2.61. The smallest absolute Gasteiger partial charge is 0.315 e. The molecule has 13 nitrogen and oxygen atoms in total. The second kappa shape index (κ2) is 17.5. The molecule has 0 aromatic heterocycles. The molecule has 2 heterocycles. The summed E-state index contributed by atoms with van der Waals surface area (Å²) in [4.78, 5) is 70.0. The molecule has 0 spiro atoms. The van der Waals surface area contributed by atoms with Crippen molar-refractivity contribution in [3.05, 3.63) is 24.3 Å². The summed E-state index contributed by atoms with van der Waals surface area (Å²) in [5, 5.41) is 11.3. The summed E-state index contributed by atoms with van der Waals surface area (Å²) in [6.45, 7) is 14.2. The monoisotopic (exact) mass is 732 g/mol. The number of rotatable bonds is 14. The van der Waals surface area contributed by atoms with E-state index in [1.165, 1.54) is 10.4 Å². The van der Waals surface area contributed by atoms with E-state index in [9.17, 15) is 32.4 Å². The maximum Gasteiger partial charge on any atom is 0.315 e. The molecule has 2 unspecified atom stereocenters. The van der Waals surface area contributed by atoms with Crippen molar-refractivity contribution in [1.29, 1.82) is 0 Å². The molecule has 6 atom stereocenters. The molecule has 2 aliphatic carbocycles. The minimum Gasteiger partial charge on any atom is -0.346 e. The second-order valence-corrected chi connectivity index (χ2v) is 18.1. The fourth-order valence-corrected chi connectivity index (χ4v) is 9.74. The zero-order valence-electron chi connectivity index (χ0n) is 31.2. The number of nitrogens with zero attached hydrogens (tertiary/aromatic N) is 2. The maximum absolute atomic E-state index is 14.7. The van der Waals surface area contributed by atoms with Crippen molar-refractivity contribution >= 4 is 39.6 Å². The van der Waals surface area contributed by atoms with Crippen molar-refractivity contribution in [1.82, 2.24) is 30.5 Å². The van der Waals surface area contributed by atoms with Crippen LogP contribution in [0.5, 0.6) is 0 Å². The molecule has 0 aromatic rings. The van der Waals surface area contributed by atoms with Gasteiger partial charge in [-0.2, -0.15) is 4.31 Å². The van der Waals surface area contributed by atoms with Crippen molar-refractivity contribution in [2.45, 2.75) is 123 Å². The number of allylic oxidation sites excluding steroid dienone is 1. The highest BCUT2D eigenvalue weighted by atomic mass is 32.2. The number of fused-ring (bicyclic) bond motifs is 1. The molecule has 4 N–H and O–H groups in total. The molecule has 4 rings (SSSR count). The van der Waals surface area contributed by atoms with Gasteiger partial charge in [0.25, 0.3) is 5.91 Å². The molecular weight excluding hydrogens is 673 g/mol. The van der Waals surface area contributed by atoms with Gasteiger partial charge in [0.2, 0.25) is 27.6 Å². The van der Waals surface area contributed by atoms with Crippen LogP contribution < -0.4 is 21.3 Å². The topological polar surface area (TPSA) is 174 Å². The Morgan fingerprint density at radius 1 is 1.02 bits per heavy atom. The number of amides is 5. The highest BCUT2D eigenvalue weighted by Gasteiger charge is 2.51. The number of ketones is 1. The number of hydrogen-bond acceptors (Lipinski definition) is 7. The summed E-state index contributed by atoms with van der Waals surface area (Å²) >= 11 is 0. The van der Waals surface area contributed by atoms with E-state index < -0.39 is 63.2 Å². The Bertz CT molecular complexity index is 1450. The van der Waals surface area contributed by atoms with Crippen LogP contribution in [-0.4, -0.2) is 103 Å². The molecule has 0 aromatic carbocycles. The Morgan fingerprint density at radius 2 is 1.73 bits per heavy atom. The van der Waals surface area contributed by atoms with Crippen molar-refractivity contribution in [2.75, 3.05) is 31.9 Å². The quantitative estimate of drug-likeness (QED) is 0.157. The van der Waals surface area contributed by atoms with Crippen LogP contribution >= 0.6 is 0 Å². The minimum atomic E-state index is -3.42. The first kappa shape index (κ1) is 40.5. The van der Waals surface area contributed by atoms with Gasteiger partial charge in [-0.25, -0.2) is 13.2 Å². The summed E-state index contributed by atoms with van der Waals surface area (Å²) in [6.07, 6.45) is 10.7. The molecule has 0 bridgehead atoms. The number of nitrogens with one attached hydrogen (secondary N) is 4. The molecule has 51 heavy (non-hydrogen) atoms. The molecule has 4 aliphatic rings. The predicted octanol–water partition coefficient (Wildman–Crippen LogP) is 3.02. The Hall–Kier alpha value is -3.26. The van der Waals surface area contributed by atoms with Crippen LogP contribution in [0.1, 0.15) is 98.8 Å². The Balaban J connectivity index is 1.57. The van der Waals surface area contributed by atoms with E-state index >= 15 is 0 Å². The summed E-state index contributed by atoms with van der Waals surface area (Å²) in [6, 6.07) is -3.91. The highest BCUT2D eigenvalue weighted by molar-refractivity contribution is 7.89. The molecule has 2 aliphatic heterocycles. The molecule has 0 radical (unpaired) electrons. The number of carbonyl (C=O) groups excluding carboxylic acids is 5. The van der Waals surface area contributed by atoms with Gasteiger partial charge in [0.1, 0.15) is 12.1 Å². The minimum absolute atomic E-state index is 0.0569. The average Bonchev–Trinajstić information content (AvgIpc) is 3.61. The van der Waals surface area contributed by atoms with Crippen LogP contribution in [0.2, 0.25) is 0 Å². The first-order valence-corrected chi connectivity index (χ1v) is 20.4. The third-order valence-electron chi connectivity index (χ3n) is 11.0. The van der Waals surface area contributed by atoms with Gasteiger partial charge in [-0.05, 0) is 56.8 Å². The Labute approximate surface area is 304 Å². The largest absolute Gasteiger partial charge is 0.346 e. The van der Waals surface area contributed by atoms with E-state index in [1.807, 2.05) is 34.6 Å². The fraction of sp³-hybridized carbons (Fsp3) is 0.757. The van der Waals surface area contributed by atoms with Gasteiger partial charge in [0.05, 0.1) is 11.8 Å². The van der Waals surface area contributed by atoms with Crippen molar-refractivity contribution in [2.24, 2.45) is 23.2 Å². The molecule has 2 saturated heterocycles. The molecule has 14 heteroatoms. The predicted molar refractivity (Wildman–Crippen MR) is 196 cm³/mol. The van der Waals surface area contributed by atoms with Crippen LogP contribution in [-0.2, 0) is 29.2 Å². The third kappa shape index (κ3) is 10.2. The standard InChI is InChI=1S/C37H60N6O7S/c1-7-14-28(32(44)34(46)38-17-8-2)39-33(45)31-27-21-24(3)20-26(27)22-43(31)35(47)30(25-15-10-9-11-16-25)41-36(48)40-29(37(4,5)6)23-42-18-12-13-19-51(42,49)50/h8,20,25-31H,2,7,9-19,21-23H2,1,3-6H3,(H,38,46)(H,39,45)(H2,40,41,48)/t26?,27-,28?,29+,30-,31-/m0/s1. The van der Waals surface area contributed by atoms with Crippen molar-refractivity contribution in [3.8, 4) is 0 Å². The Morgan fingerprint density at radius 3 is 2.35 bits per heavy atom. The maximum atomic E-state index is 14.7. The number of urea groups is 1. The molecular formula is C37H60N6O7S.